The highest BCUT2D eigenvalue weighted by Crippen LogP contribution is 2.28. The molecule has 0 saturated heterocycles. The molecule has 23 heavy (non-hydrogen) atoms. The van der Waals surface area contributed by atoms with E-state index in [0.717, 1.165) is 25.7 Å². The molecule has 2 amide bonds. The first-order valence-electron chi connectivity index (χ1n) is 8.57. The van der Waals surface area contributed by atoms with E-state index in [0.29, 0.717) is 18.2 Å². The first kappa shape index (κ1) is 17.6. The number of hydrogen-bond acceptors (Lipinski definition) is 3. The van der Waals surface area contributed by atoms with Crippen LogP contribution in [0.4, 0.5) is 0 Å². The van der Waals surface area contributed by atoms with Gasteiger partial charge in [-0.15, -0.1) is 0 Å². The maximum atomic E-state index is 12.4. The van der Waals surface area contributed by atoms with Crippen LogP contribution < -0.4 is 10.6 Å². The van der Waals surface area contributed by atoms with Crippen LogP contribution in [0.1, 0.15) is 52.2 Å². The molecule has 0 aromatic carbocycles. The Labute approximate surface area is 138 Å². The van der Waals surface area contributed by atoms with E-state index in [1.165, 1.54) is 0 Å². The van der Waals surface area contributed by atoms with Crippen molar-refractivity contribution in [1.82, 2.24) is 10.6 Å². The number of nitrogens with one attached hydrogen (secondary N) is 2. The zero-order chi connectivity index (χ0) is 16.8. The standard InChI is InChI=1S/C18H28N2O3/c1-12(2)16(18(22)19-11-15-5-4-10-23-15)20-17(21)14-8-6-13(3)7-9-14/h4-5,10,12-14,16H,6-9,11H2,1-3H3,(H,19,22)(H,20,21)/t13?,14?,16-/m0/s1. The molecule has 1 heterocycles. The molecule has 1 saturated carbocycles. The van der Waals surface area contributed by atoms with Crippen molar-refractivity contribution < 1.29 is 14.0 Å². The fraction of sp³-hybridized carbons (Fsp3) is 0.667. The molecule has 2 rings (SSSR count). The predicted molar refractivity (Wildman–Crippen MR) is 88.4 cm³/mol. The normalized spacial score (nSPS) is 22.6. The fourth-order valence-corrected chi connectivity index (χ4v) is 3.03. The summed E-state index contributed by atoms with van der Waals surface area (Å²) >= 11 is 0. The van der Waals surface area contributed by atoms with Crippen molar-refractivity contribution in [1.29, 1.82) is 0 Å². The second kappa shape index (κ2) is 8.18. The highest BCUT2D eigenvalue weighted by Gasteiger charge is 2.29. The number of rotatable bonds is 6. The third kappa shape index (κ3) is 5.12. The average molecular weight is 320 g/mol. The topological polar surface area (TPSA) is 71.3 Å². The van der Waals surface area contributed by atoms with Gasteiger partial charge < -0.3 is 15.1 Å². The summed E-state index contributed by atoms with van der Waals surface area (Å²) in [6.45, 7) is 6.46. The summed E-state index contributed by atoms with van der Waals surface area (Å²) in [5.41, 5.74) is 0. The summed E-state index contributed by atoms with van der Waals surface area (Å²) < 4.78 is 5.21. The van der Waals surface area contributed by atoms with Crippen LogP contribution in [0.25, 0.3) is 0 Å². The highest BCUT2D eigenvalue weighted by molar-refractivity contribution is 5.88. The predicted octanol–water partition coefficient (Wildman–Crippen LogP) is 2.86. The van der Waals surface area contributed by atoms with Gasteiger partial charge in [-0.2, -0.15) is 0 Å². The number of furan rings is 1. The Kier molecular flexibility index (Phi) is 6.25. The lowest BCUT2D eigenvalue weighted by Gasteiger charge is -2.28. The second-order valence-corrected chi connectivity index (χ2v) is 6.98. The van der Waals surface area contributed by atoms with Gasteiger partial charge in [0.05, 0.1) is 12.8 Å². The van der Waals surface area contributed by atoms with Crippen molar-refractivity contribution in [2.45, 2.75) is 59.0 Å². The largest absolute Gasteiger partial charge is 0.467 e. The molecule has 1 fully saturated rings. The van der Waals surface area contributed by atoms with E-state index in [-0.39, 0.29) is 23.7 Å². The Morgan fingerprint density at radius 2 is 1.96 bits per heavy atom. The number of carbonyl (C=O) groups excluding carboxylic acids is 2. The fourth-order valence-electron chi connectivity index (χ4n) is 3.03. The first-order chi connectivity index (χ1) is 11.0. The summed E-state index contributed by atoms with van der Waals surface area (Å²) in [6.07, 6.45) is 5.61. The van der Waals surface area contributed by atoms with Gasteiger partial charge in [0.1, 0.15) is 11.8 Å². The molecule has 128 valence electrons. The van der Waals surface area contributed by atoms with Crippen LogP contribution in [0.5, 0.6) is 0 Å². The Bertz CT molecular complexity index is 502. The van der Waals surface area contributed by atoms with Gasteiger partial charge in [-0.05, 0) is 49.7 Å². The van der Waals surface area contributed by atoms with Crippen molar-refractivity contribution in [2.24, 2.45) is 17.8 Å². The Morgan fingerprint density at radius 3 is 2.52 bits per heavy atom. The Morgan fingerprint density at radius 1 is 1.26 bits per heavy atom. The van der Waals surface area contributed by atoms with Crippen molar-refractivity contribution in [3.05, 3.63) is 24.2 Å². The minimum absolute atomic E-state index is 0.0174. The van der Waals surface area contributed by atoms with E-state index in [1.807, 2.05) is 19.9 Å². The molecule has 5 heteroatoms. The summed E-state index contributed by atoms with van der Waals surface area (Å²) in [5, 5.41) is 5.78. The van der Waals surface area contributed by atoms with E-state index in [9.17, 15) is 9.59 Å². The minimum Gasteiger partial charge on any atom is -0.467 e. The average Bonchev–Trinajstić information content (AvgIpc) is 3.03. The molecule has 0 radical (unpaired) electrons. The van der Waals surface area contributed by atoms with Crippen LogP contribution in [0.2, 0.25) is 0 Å². The molecule has 2 N–H and O–H groups in total. The minimum atomic E-state index is -0.503. The molecule has 1 aromatic rings. The molecular formula is C18H28N2O3. The molecule has 0 unspecified atom stereocenters. The molecule has 1 aliphatic carbocycles. The number of carbonyl (C=O) groups is 2. The lowest BCUT2D eigenvalue weighted by Crippen LogP contribution is -2.51. The number of amides is 2. The Balaban J connectivity index is 1.87. The molecule has 1 aromatic heterocycles. The molecule has 5 nitrogen and oxygen atoms in total. The van der Waals surface area contributed by atoms with E-state index in [2.05, 4.69) is 17.6 Å². The van der Waals surface area contributed by atoms with Crippen LogP contribution in [0.3, 0.4) is 0 Å². The molecule has 0 spiro atoms. The van der Waals surface area contributed by atoms with Gasteiger partial charge in [0.25, 0.3) is 0 Å². The summed E-state index contributed by atoms with van der Waals surface area (Å²) in [7, 11) is 0. The van der Waals surface area contributed by atoms with E-state index in [4.69, 9.17) is 4.42 Å². The van der Waals surface area contributed by atoms with Gasteiger partial charge in [-0.25, -0.2) is 0 Å². The third-order valence-electron chi connectivity index (χ3n) is 4.65. The SMILES string of the molecule is CC1CCC(C(=O)N[C@H](C(=O)NCc2ccco2)C(C)C)CC1. The summed E-state index contributed by atoms with van der Waals surface area (Å²) in [4.78, 5) is 24.8. The van der Waals surface area contributed by atoms with Crippen molar-refractivity contribution in [3.63, 3.8) is 0 Å². The lowest BCUT2D eigenvalue weighted by atomic mass is 9.82. The van der Waals surface area contributed by atoms with Crippen molar-refractivity contribution in [2.75, 3.05) is 0 Å². The maximum absolute atomic E-state index is 12.4. The van der Waals surface area contributed by atoms with Crippen LogP contribution in [0.15, 0.2) is 22.8 Å². The van der Waals surface area contributed by atoms with Crippen LogP contribution in [0, 0.1) is 17.8 Å². The molecule has 0 bridgehead atoms. The van der Waals surface area contributed by atoms with Gasteiger partial charge >= 0.3 is 0 Å². The second-order valence-electron chi connectivity index (χ2n) is 6.98. The van der Waals surface area contributed by atoms with Gasteiger partial charge in [0.15, 0.2) is 0 Å². The third-order valence-corrected chi connectivity index (χ3v) is 4.65. The quantitative estimate of drug-likeness (QED) is 0.846. The number of hydrogen-bond donors (Lipinski definition) is 2. The van der Waals surface area contributed by atoms with Crippen LogP contribution in [-0.4, -0.2) is 17.9 Å². The summed E-state index contributed by atoms with van der Waals surface area (Å²) in [6, 6.07) is 3.09. The van der Waals surface area contributed by atoms with Gasteiger partial charge in [-0.1, -0.05) is 20.8 Å². The van der Waals surface area contributed by atoms with E-state index >= 15 is 0 Å². The van der Waals surface area contributed by atoms with Crippen LogP contribution >= 0.6 is 0 Å². The van der Waals surface area contributed by atoms with E-state index < -0.39 is 6.04 Å². The van der Waals surface area contributed by atoms with Crippen LogP contribution in [-0.2, 0) is 16.1 Å². The lowest BCUT2D eigenvalue weighted by molar-refractivity contribution is -0.133. The molecular weight excluding hydrogens is 292 g/mol. The van der Waals surface area contributed by atoms with Gasteiger partial charge in [-0.3, -0.25) is 9.59 Å². The summed E-state index contributed by atoms with van der Waals surface area (Å²) in [5.74, 6) is 1.35. The zero-order valence-electron chi connectivity index (χ0n) is 14.3. The molecule has 1 atom stereocenters. The first-order valence-corrected chi connectivity index (χ1v) is 8.57. The highest BCUT2D eigenvalue weighted by atomic mass is 16.3. The zero-order valence-corrected chi connectivity index (χ0v) is 14.3. The Hall–Kier alpha value is -1.78. The monoisotopic (exact) mass is 320 g/mol. The van der Waals surface area contributed by atoms with Crippen molar-refractivity contribution >= 4 is 11.8 Å². The molecule has 1 aliphatic rings. The van der Waals surface area contributed by atoms with Gasteiger partial charge in [0, 0.05) is 5.92 Å². The maximum Gasteiger partial charge on any atom is 0.243 e. The van der Waals surface area contributed by atoms with Gasteiger partial charge in [0.2, 0.25) is 11.8 Å². The molecule has 0 aliphatic heterocycles. The van der Waals surface area contributed by atoms with Crippen molar-refractivity contribution in [3.8, 4) is 0 Å². The smallest absolute Gasteiger partial charge is 0.243 e. The van der Waals surface area contributed by atoms with E-state index in [1.54, 1.807) is 12.3 Å².